The summed E-state index contributed by atoms with van der Waals surface area (Å²) in [5.41, 5.74) is 1.19. The number of ether oxygens (including phenoxy) is 2. The molecule has 0 saturated carbocycles. The van der Waals surface area contributed by atoms with Crippen molar-refractivity contribution < 1.29 is 19.1 Å². The Morgan fingerprint density at radius 3 is 2.71 bits per heavy atom. The lowest BCUT2D eigenvalue weighted by Gasteiger charge is -2.23. The van der Waals surface area contributed by atoms with E-state index < -0.39 is 18.0 Å². The summed E-state index contributed by atoms with van der Waals surface area (Å²) in [6.07, 6.45) is 4.36. The lowest BCUT2D eigenvalue weighted by molar-refractivity contribution is -0.142. The number of allylic oxidation sites excluding steroid dienone is 1. The highest BCUT2D eigenvalue weighted by Crippen LogP contribution is 2.29. The Labute approximate surface area is 101 Å². The Morgan fingerprint density at radius 1 is 1.65 bits per heavy atom. The second kappa shape index (κ2) is 5.48. The van der Waals surface area contributed by atoms with E-state index in [4.69, 9.17) is 4.74 Å². The molecular formula is C13H16O4. The van der Waals surface area contributed by atoms with E-state index in [1.54, 1.807) is 6.08 Å². The summed E-state index contributed by atoms with van der Waals surface area (Å²) < 4.78 is 9.75. The van der Waals surface area contributed by atoms with Crippen molar-refractivity contribution in [3.8, 4) is 0 Å². The van der Waals surface area contributed by atoms with Crippen LogP contribution in [0.25, 0.3) is 0 Å². The minimum Gasteiger partial charge on any atom is -0.466 e. The van der Waals surface area contributed by atoms with E-state index in [1.165, 1.54) is 13.2 Å². The largest absolute Gasteiger partial charge is 0.466 e. The zero-order valence-electron chi connectivity index (χ0n) is 10.2. The van der Waals surface area contributed by atoms with Crippen molar-refractivity contribution in [2.45, 2.75) is 20.0 Å². The number of carbonyl (C=O) groups excluding carboxylic acids is 2. The molecule has 0 amide bonds. The van der Waals surface area contributed by atoms with Gasteiger partial charge in [-0.1, -0.05) is 18.2 Å². The number of methoxy groups -OCH3 is 1. The number of esters is 2. The molecule has 0 aromatic carbocycles. The number of cyclic esters (lactones) is 1. The standard InChI is InChI=1S/C13H16O4/c1-5-8(2)12(9(3)13(15)16-4)10-6-7-11(14)17-10/h5-7,10,12H,3H2,1-2,4H3/b8-5+/t10-,12+/m0/s1. The molecular weight excluding hydrogens is 220 g/mol. The molecule has 4 heteroatoms. The molecule has 4 nitrogen and oxygen atoms in total. The van der Waals surface area contributed by atoms with E-state index in [-0.39, 0.29) is 11.5 Å². The van der Waals surface area contributed by atoms with E-state index in [1.807, 2.05) is 19.9 Å². The van der Waals surface area contributed by atoms with Crippen molar-refractivity contribution >= 4 is 11.9 Å². The van der Waals surface area contributed by atoms with E-state index in [0.717, 1.165) is 5.57 Å². The molecule has 17 heavy (non-hydrogen) atoms. The summed E-state index contributed by atoms with van der Waals surface area (Å²) in [6.45, 7) is 7.44. The fourth-order valence-electron chi connectivity index (χ4n) is 1.74. The minimum absolute atomic E-state index is 0.285. The summed E-state index contributed by atoms with van der Waals surface area (Å²) in [6, 6.07) is 0. The van der Waals surface area contributed by atoms with Gasteiger partial charge in [0.1, 0.15) is 6.10 Å². The monoisotopic (exact) mass is 236 g/mol. The normalized spacial score (nSPS) is 21.0. The van der Waals surface area contributed by atoms with E-state index in [9.17, 15) is 9.59 Å². The topological polar surface area (TPSA) is 52.6 Å². The third-order valence-corrected chi connectivity index (χ3v) is 2.77. The number of carbonyl (C=O) groups is 2. The molecule has 0 aliphatic carbocycles. The van der Waals surface area contributed by atoms with Crippen molar-refractivity contribution in [1.29, 1.82) is 0 Å². The lowest BCUT2D eigenvalue weighted by atomic mass is 9.87. The lowest BCUT2D eigenvalue weighted by Crippen LogP contribution is -2.27. The van der Waals surface area contributed by atoms with Gasteiger partial charge in [0.05, 0.1) is 13.0 Å². The van der Waals surface area contributed by atoms with Crippen LogP contribution in [0.4, 0.5) is 0 Å². The first kappa shape index (κ1) is 13.2. The fraction of sp³-hybridized carbons (Fsp3) is 0.385. The van der Waals surface area contributed by atoms with Crippen molar-refractivity contribution in [3.05, 3.63) is 36.0 Å². The molecule has 0 N–H and O–H groups in total. The van der Waals surface area contributed by atoms with Gasteiger partial charge in [-0.25, -0.2) is 9.59 Å². The molecule has 92 valence electrons. The Bertz CT molecular complexity index is 404. The van der Waals surface area contributed by atoms with E-state index in [2.05, 4.69) is 11.3 Å². The Morgan fingerprint density at radius 2 is 2.29 bits per heavy atom. The maximum absolute atomic E-state index is 11.5. The summed E-state index contributed by atoms with van der Waals surface area (Å²) in [5, 5.41) is 0. The SMILES string of the molecule is C=C(C(=O)OC)[C@@H](/C(C)=C/C)[C@@H]1C=CC(=O)O1. The predicted octanol–water partition coefficient (Wildman–Crippen LogP) is 1.78. The molecule has 0 fully saturated rings. The minimum atomic E-state index is -0.493. The van der Waals surface area contributed by atoms with Gasteiger partial charge in [0.2, 0.25) is 0 Å². The number of hydrogen-bond donors (Lipinski definition) is 0. The number of hydrogen-bond acceptors (Lipinski definition) is 4. The summed E-state index contributed by atoms with van der Waals surface area (Å²) in [7, 11) is 1.30. The first-order chi connectivity index (χ1) is 8.01. The third-order valence-electron chi connectivity index (χ3n) is 2.77. The zero-order chi connectivity index (χ0) is 13.0. The van der Waals surface area contributed by atoms with Gasteiger partial charge >= 0.3 is 11.9 Å². The molecule has 0 aromatic rings. The first-order valence-corrected chi connectivity index (χ1v) is 5.30. The van der Waals surface area contributed by atoms with Gasteiger partial charge in [-0.2, -0.15) is 0 Å². The summed E-state index contributed by atoms with van der Waals surface area (Å²) in [5.74, 6) is -1.26. The van der Waals surface area contributed by atoms with Gasteiger partial charge in [0.25, 0.3) is 0 Å². The van der Waals surface area contributed by atoms with Crippen LogP contribution in [0.15, 0.2) is 36.0 Å². The van der Waals surface area contributed by atoms with Gasteiger partial charge in [-0.15, -0.1) is 0 Å². The number of rotatable bonds is 4. The van der Waals surface area contributed by atoms with Crippen LogP contribution in [0, 0.1) is 5.92 Å². The quantitative estimate of drug-likeness (QED) is 0.424. The van der Waals surface area contributed by atoms with Crippen molar-refractivity contribution in [3.63, 3.8) is 0 Å². The third kappa shape index (κ3) is 2.84. The molecule has 1 rings (SSSR count). The molecule has 2 atom stereocenters. The molecule has 1 heterocycles. The molecule has 0 bridgehead atoms. The Kier molecular flexibility index (Phi) is 4.26. The molecule has 0 saturated heterocycles. The maximum Gasteiger partial charge on any atom is 0.333 e. The van der Waals surface area contributed by atoms with Crippen molar-refractivity contribution in [1.82, 2.24) is 0 Å². The second-order valence-corrected chi connectivity index (χ2v) is 3.79. The van der Waals surface area contributed by atoms with Gasteiger partial charge < -0.3 is 9.47 Å². The maximum atomic E-state index is 11.5. The average molecular weight is 236 g/mol. The highest BCUT2D eigenvalue weighted by atomic mass is 16.5. The zero-order valence-corrected chi connectivity index (χ0v) is 10.2. The molecule has 1 aliphatic rings. The second-order valence-electron chi connectivity index (χ2n) is 3.79. The van der Waals surface area contributed by atoms with Crippen LogP contribution in [-0.2, 0) is 19.1 Å². The van der Waals surface area contributed by atoms with Crippen LogP contribution in [-0.4, -0.2) is 25.2 Å². The molecule has 1 aliphatic heterocycles. The fourth-order valence-corrected chi connectivity index (χ4v) is 1.74. The van der Waals surface area contributed by atoms with Crippen LogP contribution in [0.5, 0.6) is 0 Å². The van der Waals surface area contributed by atoms with Gasteiger partial charge in [0, 0.05) is 11.6 Å². The predicted molar refractivity (Wildman–Crippen MR) is 63.1 cm³/mol. The van der Waals surface area contributed by atoms with Gasteiger partial charge in [-0.3, -0.25) is 0 Å². The van der Waals surface area contributed by atoms with Gasteiger partial charge in [-0.05, 0) is 19.9 Å². The smallest absolute Gasteiger partial charge is 0.333 e. The summed E-state index contributed by atoms with van der Waals surface area (Å²) in [4.78, 5) is 22.6. The highest BCUT2D eigenvalue weighted by Gasteiger charge is 2.32. The molecule has 0 aromatic heterocycles. The molecule has 0 radical (unpaired) electrons. The molecule has 0 spiro atoms. The van der Waals surface area contributed by atoms with Crippen LogP contribution < -0.4 is 0 Å². The average Bonchev–Trinajstić information content (AvgIpc) is 2.74. The van der Waals surface area contributed by atoms with E-state index in [0.29, 0.717) is 0 Å². The van der Waals surface area contributed by atoms with Crippen LogP contribution in [0.2, 0.25) is 0 Å². The highest BCUT2D eigenvalue weighted by molar-refractivity contribution is 5.90. The first-order valence-electron chi connectivity index (χ1n) is 5.30. The van der Waals surface area contributed by atoms with Crippen LogP contribution >= 0.6 is 0 Å². The van der Waals surface area contributed by atoms with Crippen molar-refractivity contribution in [2.24, 2.45) is 5.92 Å². The Hall–Kier alpha value is -1.84. The van der Waals surface area contributed by atoms with E-state index >= 15 is 0 Å². The summed E-state index contributed by atoms with van der Waals surface area (Å²) >= 11 is 0. The van der Waals surface area contributed by atoms with Crippen LogP contribution in [0.1, 0.15) is 13.8 Å². The molecule has 0 unspecified atom stereocenters. The van der Waals surface area contributed by atoms with Gasteiger partial charge in [0.15, 0.2) is 0 Å². The van der Waals surface area contributed by atoms with Crippen molar-refractivity contribution in [2.75, 3.05) is 7.11 Å². The van der Waals surface area contributed by atoms with Crippen LogP contribution in [0.3, 0.4) is 0 Å². The Balaban J connectivity index is 2.97.